The van der Waals surface area contributed by atoms with Gasteiger partial charge in [0.05, 0.1) is 13.2 Å². The molecule has 11 heteroatoms. The quantitative estimate of drug-likeness (QED) is 0.197. The molecule has 0 amide bonds. The van der Waals surface area contributed by atoms with Gasteiger partial charge in [-0.25, -0.2) is 0 Å². The normalized spacial score (nSPS) is 12.2. The van der Waals surface area contributed by atoms with Crippen LogP contribution in [0.15, 0.2) is 41.4 Å². The molecular formula is C21H26F2IN3O5. The number of hydrogen-bond donors (Lipinski definition) is 2. The molecule has 176 valence electrons. The maximum atomic E-state index is 12.8. The Bertz CT molecular complexity index is 902. The van der Waals surface area contributed by atoms with Crippen LogP contribution in [0.25, 0.3) is 0 Å². The van der Waals surface area contributed by atoms with Crippen molar-refractivity contribution >= 4 is 29.9 Å². The van der Waals surface area contributed by atoms with Gasteiger partial charge < -0.3 is 34.3 Å². The molecule has 0 aromatic heterocycles. The Morgan fingerprint density at radius 3 is 2.69 bits per heavy atom. The van der Waals surface area contributed by atoms with Gasteiger partial charge in [0.25, 0.3) is 0 Å². The van der Waals surface area contributed by atoms with Gasteiger partial charge in [-0.3, -0.25) is 4.99 Å². The number of fused-ring (bicyclic) bond motifs is 1. The Morgan fingerprint density at radius 2 is 1.94 bits per heavy atom. The lowest BCUT2D eigenvalue weighted by Gasteiger charge is -2.17. The van der Waals surface area contributed by atoms with Crippen LogP contribution in [0.1, 0.15) is 12.5 Å². The molecule has 0 atom stereocenters. The summed E-state index contributed by atoms with van der Waals surface area (Å²) in [6.45, 7) is 0.419. The van der Waals surface area contributed by atoms with Gasteiger partial charge in [0, 0.05) is 25.2 Å². The summed E-state index contributed by atoms with van der Waals surface area (Å²) in [6, 6.07) is 10.4. The van der Waals surface area contributed by atoms with E-state index in [0.29, 0.717) is 48.5 Å². The van der Waals surface area contributed by atoms with Gasteiger partial charge in [-0.05, 0) is 25.1 Å². The number of nitrogens with zero attached hydrogens (tertiary/aromatic N) is 1. The second kappa shape index (κ2) is 13.0. The first kappa shape index (κ1) is 25.6. The van der Waals surface area contributed by atoms with Crippen molar-refractivity contribution in [1.29, 1.82) is 0 Å². The molecular weight excluding hydrogens is 539 g/mol. The van der Waals surface area contributed by atoms with Crippen molar-refractivity contribution in [2.24, 2.45) is 4.99 Å². The Kier molecular flexibility index (Phi) is 10.4. The molecule has 0 bridgehead atoms. The average molecular weight is 565 g/mol. The van der Waals surface area contributed by atoms with E-state index in [1.165, 1.54) is 0 Å². The highest BCUT2D eigenvalue weighted by Gasteiger charge is 2.16. The van der Waals surface area contributed by atoms with E-state index >= 15 is 0 Å². The number of nitrogens with one attached hydrogen (secondary N) is 2. The lowest BCUT2D eigenvalue weighted by molar-refractivity contribution is -0.0520. The molecule has 0 spiro atoms. The SMILES string of the molecule is CCOc1cccc(CNC(=NC)NCCOc2ccc3c(c2)OCO3)c1OC(F)F.I. The minimum atomic E-state index is -2.95. The Balaban J connectivity index is 0.00000363. The summed E-state index contributed by atoms with van der Waals surface area (Å²) < 4.78 is 52.0. The molecule has 1 aliphatic heterocycles. The Morgan fingerprint density at radius 1 is 1.12 bits per heavy atom. The molecule has 0 saturated heterocycles. The summed E-state index contributed by atoms with van der Waals surface area (Å²) in [5.41, 5.74) is 0.519. The number of rotatable bonds is 10. The van der Waals surface area contributed by atoms with Crippen LogP contribution in [0, 0.1) is 0 Å². The Hall–Kier alpha value is -2.70. The third-order valence-electron chi connectivity index (χ3n) is 4.24. The van der Waals surface area contributed by atoms with E-state index in [2.05, 4.69) is 20.4 Å². The number of alkyl halides is 2. The highest BCUT2D eigenvalue weighted by molar-refractivity contribution is 14.0. The van der Waals surface area contributed by atoms with Crippen molar-refractivity contribution in [2.45, 2.75) is 20.1 Å². The molecule has 2 aromatic rings. The fourth-order valence-electron chi connectivity index (χ4n) is 2.90. The zero-order valence-corrected chi connectivity index (χ0v) is 20.1. The zero-order valence-electron chi connectivity index (χ0n) is 17.7. The van der Waals surface area contributed by atoms with Crippen molar-refractivity contribution in [3.8, 4) is 28.7 Å². The van der Waals surface area contributed by atoms with Crippen LogP contribution in [0.3, 0.4) is 0 Å². The number of para-hydroxylation sites is 1. The Labute approximate surface area is 202 Å². The van der Waals surface area contributed by atoms with Gasteiger partial charge in [0.2, 0.25) is 6.79 Å². The van der Waals surface area contributed by atoms with Crippen molar-refractivity contribution < 1.29 is 32.5 Å². The zero-order chi connectivity index (χ0) is 22.1. The third kappa shape index (κ3) is 7.18. The summed E-state index contributed by atoms with van der Waals surface area (Å²) in [4.78, 5) is 4.13. The largest absolute Gasteiger partial charge is 0.492 e. The predicted octanol–water partition coefficient (Wildman–Crippen LogP) is 3.78. The van der Waals surface area contributed by atoms with Crippen molar-refractivity contribution in [3.63, 3.8) is 0 Å². The van der Waals surface area contributed by atoms with Crippen molar-refractivity contribution in [2.75, 3.05) is 33.6 Å². The van der Waals surface area contributed by atoms with E-state index in [-0.39, 0.29) is 48.8 Å². The van der Waals surface area contributed by atoms with Crippen LogP contribution in [0.2, 0.25) is 0 Å². The third-order valence-corrected chi connectivity index (χ3v) is 4.24. The molecule has 3 rings (SSSR count). The molecule has 0 fully saturated rings. The number of ether oxygens (including phenoxy) is 5. The first-order valence-corrected chi connectivity index (χ1v) is 9.77. The van der Waals surface area contributed by atoms with Crippen LogP contribution in [-0.2, 0) is 6.54 Å². The molecule has 0 unspecified atom stereocenters. The first-order chi connectivity index (χ1) is 15.1. The molecule has 32 heavy (non-hydrogen) atoms. The predicted molar refractivity (Wildman–Crippen MR) is 126 cm³/mol. The number of aliphatic imine (C=N–C) groups is 1. The monoisotopic (exact) mass is 565 g/mol. The topological polar surface area (TPSA) is 82.6 Å². The molecule has 2 N–H and O–H groups in total. The maximum absolute atomic E-state index is 12.8. The van der Waals surface area contributed by atoms with Gasteiger partial charge in [-0.1, -0.05) is 12.1 Å². The first-order valence-electron chi connectivity index (χ1n) is 9.77. The minimum Gasteiger partial charge on any atom is -0.492 e. The van der Waals surface area contributed by atoms with Gasteiger partial charge >= 0.3 is 6.61 Å². The molecule has 1 heterocycles. The summed E-state index contributed by atoms with van der Waals surface area (Å²) in [5, 5.41) is 6.17. The van der Waals surface area contributed by atoms with E-state index in [9.17, 15) is 8.78 Å². The molecule has 1 aliphatic rings. The molecule has 2 aromatic carbocycles. The molecule has 8 nitrogen and oxygen atoms in total. The minimum absolute atomic E-state index is 0. The second-order valence-corrected chi connectivity index (χ2v) is 6.27. The lowest BCUT2D eigenvalue weighted by Crippen LogP contribution is -2.39. The molecule has 0 aliphatic carbocycles. The van der Waals surface area contributed by atoms with Gasteiger partial charge in [0.1, 0.15) is 12.4 Å². The molecule has 0 saturated carbocycles. The van der Waals surface area contributed by atoms with Crippen LogP contribution in [-0.4, -0.2) is 46.2 Å². The average Bonchev–Trinajstić information content (AvgIpc) is 3.23. The number of halogens is 3. The van der Waals surface area contributed by atoms with E-state index < -0.39 is 6.61 Å². The van der Waals surface area contributed by atoms with E-state index in [0.717, 1.165) is 0 Å². The molecule has 0 radical (unpaired) electrons. The van der Waals surface area contributed by atoms with Crippen molar-refractivity contribution in [1.82, 2.24) is 10.6 Å². The van der Waals surface area contributed by atoms with Crippen LogP contribution < -0.4 is 34.3 Å². The summed E-state index contributed by atoms with van der Waals surface area (Å²) in [6.07, 6.45) is 0. The maximum Gasteiger partial charge on any atom is 0.387 e. The number of hydrogen-bond acceptors (Lipinski definition) is 6. The fraction of sp³-hybridized carbons (Fsp3) is 0.381. The van der Waals surface area contributed by atoms with Crippen LogP contribution in [0.5, 0.6) is 28.7 Å². The van der Waals surface area contributed by atoms with E-state index in [4.69, 9.17) is 18.9 Å². The van der Waals surface area contributed by atoms with E-state index in [1.807, 2.05) is 0 Å². The standard InChI is InChI=1S/C21H25F2N3O5.HI/c1-3-27-17-6-4-5-14(19(17)31-20(22)23)12-26-21(24-2)25-9-10-28-15-7-8-16-18(11-15)30-13-29-16;/h4-8,11,20H,3,9-10,12-13H2,1-2H3,(H2,24,25,26);1H. The van der Waals surface area contributed by atoms with E-state index in [1.54, 1.807) is 50.4 Å². The highest BCUT2D eigenvalue weighted by Crippen LogP contribution is 2.35. The highest BCUT2D eigenvalue weighted by atomic mass is 127. The fourth-order valence-corrected chi connectivity index (χ4v) is 2.90. The number of benzene rings is 2. The van der Waals surface area contributed by atoms with Gasteiger partial charge in [-0.2, -0.15) is 8.78 Å². The smallest absolute Gasteiger partial charge is 0.387 e. The van der Waals surface area contributed by atoms with Crippen LogP contribution >= 0.6 is 24.0 Å². The van der Waals surface area contributed by atoms with Crippen molar-refractivity contribution in [3.05, 3.63) is 42.0 Å². The van der Waals surface area contributed by atoms with Gasteiger partial charge in [0.15, 0.2) is 29.0 Å². The lowest BCUT2D eigenvalue weighted by atomic mass is 10.2. The number of guanidine groups is 1. The summed E-state index contributed by atoms with van der Waals surface area (Å²) >= 11 is 0. The summed E-state index contributed by atoms with van der Waals surface area (Å²) in [7, 11) is 1.61. The van der Waals surface area contributed by atoms with Gasteiger partial charge in [-0.15, -0.1) is 24.0 Å². The second-order valence-electron chi connectivity index (χ2n) is 6.27. The van der Waals surface area contributed by atoms with Crippen LogP contribution in [0.4, 0.5) is 8.78 Å². The summed E-state index contributed by atoms with van der Waals surface area (Å²) in [5.74, 6) is 2.77.